The molecule has 0 spiro atoms. The Morgan fingerprint density at radius 1 is 1.04 bits per heavy atom. The summed E-state index contributed by atoms with van der Waals surface area (Å²) in [5, 5.41) is 2.74. The molecule has 120 valence electrons. The van der Waals surface area contributed by atoms with Crippen molar-refractivity contribution in [1.29, 1.82) is 0 Å². The predicted octanol–water partition coefficient (Wildman–Crippen LogP) is 1.99. The summed E-state index contributed by atoms with van der Waals surface area (Å²) in [6, 6.07) is 11.2. The van der Waals surface area contributed by atoms with Crippen molar-refractivity contribution in [3.05, 3.63) is 70.5 Å². The molecule has 0 fully saturated rings. The van der Waals surface area contributed by atoms with E-state index in [2.05, 4.69) is 9.97 Å². The number of nitrogens with two attached hydrogens (primary N) is 2. The van der Waals surface area contributed by atoms with Crippen LogP contribution in [-0.4, -0.2) is 21.8 Å². The highest BCUT2D eigenvalue weighted by atomic mass is 32.1. The van der Waals surface area contributed by atoms with E-state index in [0.29, 0.717) is 5.56 Å². The Kier molecular flexibility index (Phi) is 4.35. The van der Waals surface area contributed by atoms with Crippen molar-refractivity contribution in [2.24, 2.45) is 11.5 Å². The van der Waals surface area contributed by atoms with Gasteiger partial charge < -0.3 is 11.5 Å². The molecule has 0 saturated heterocycles. The molecule has 0 bridgehead atoms. The van der Waals surface area contributed by atoms with Gasteiger partial charge in [-0.3, -0.25) is 14.6 Å². The number of primary amides is 2. The Balaban J connectivity index is 1.99. The summed E-state index contributed by atoms with van der Waals surface area (Å²) in [7, 11) is 0. The van der Waals surface area contributed by atoms with Gasteiger partial charge in [-0.1, -0.05) is 30.3 Å². The Hall–Kier alpha value is -3.06. The maximum absolute atomic E-state index is 11.6. The van der Waals surface area contributed by atoms with E-state index in [1.54, 1.807) is 0 Å². The van der Waals surface area contributed by atoms with E-state index in [-0.39, 0.29) is 17.7 Å². The quantitative estimate of drug-likeness (QED) is 0.741. The molecular formula is C17H14N4O2S. The standard InChI is InChI=1S/C17H14N4O2S/c18-15(22)12-6-7-20-14(16(19)23)13(12)8-11-9-24-17(21-11)10-4-2-1-3-5-10/h1-7,9H,8H2,(H2,18,22)(H2,19,23). The van der Waals surface area contributed by atoms with Crippen molar-refractivity contribution >= 4 is 23.2 Å². The summed E-state index contributed by atoms with van der Waals surface area (Å²) in [6.07, 6.45) is 1.61. The van der Waals surface area contributed by atoms with E-state index in [4.69, 9.17) is 11.5 Å². The number of aromatic nitrogens is 2. The molecule has 1 aromatic carbocycles. The smallest absolute Gasteiger partial charge is 0.267 e. The topological polar surface area (TPSA) is 112 Å². The molecule has 0 aliphatic rings. The normalized spacial score (nSPS) is 10.5. The molecular weight excluding hydrogens is 324 g/mol. The summed E-state index contributed by atoms with van der Waals surface area (Å²) in [5.74, 6) is -1.33. The van der Waals surface area contributed by atoms with Crippen molar-refractivity contribution in [2.75, 3.05) is 0 Å². The second kappa shape index (κ2) is 6.59. The molecule has 2 amide bonds. The molecule has 4 N–H and O–H groups in total. The third kappa shape index (κ3) is 3.16. The van der Waals surface area contributed by atoms with Crippen LogP contribution in [0.3, 0.4) is 0 Å². The number of thiazole rings is 1. The zero-order chi connectivity index (χ0) is 17.1. The molecule has 6 nitrogen and oxygen atoms in total. The average Bonchev–Trinajstić information content (AvgIpc) is 3.04. The minimum Gasteiger partial charge on any atom is -0.366 e. The summed E-state index contributed by atoms with van der Waals surface area (Å²) < 4.78 is 0. The van der Waals surface area contributed by atoms with Crippen LogP contribution in [0.25, 0.3) is 10.6 Å². The summed E-state index contributed by atoms with van der Waals surface area (Å²) in [6.45, 7) is 0. The molecule has 24 heavy (non-hydrogen) atoms. The van der Waals surface area contributed by atoms with E-state index in [1.165, 1.54) is 23.6 Å². The molecule has 2 heterocycles. The summed E-state index contributed by atoms with van der Waals surface area (Å²) in [5.41, 5.74) is 13.2. The lowest BCUT2D eigenvalue weighted by Gasteiger charge is -2.08. The van der Waals surface area contributed by atoms with Gasteiger partial charge in [0, 0.05) is 34.7 Å². The monoisotopic (exact) mass is 338 g/mol. The Bertz CT molecular complexity index is 874. The third-order valence-electron chi connectivity index (χ3n) is 3.49. The molecule has 0 radical (unpaired) electrons. The Morgan fingerprint density at radius 2 is 1.79 bits per heavy atom. The molecule has 0 saturated carbocycles. The van der Waals surface area contributed by atoms with Crippen molar-refractivity contribution in [3.8, 4) is 10.6 Å². The van der Waals surface area contributed by atoms with Gasteiger partial charge in [0.15, 0.2) is 0 Å². The fraction of sp³-hybridized carbons (Fsp3) is 0.0588. The van der Waals surface area contributed by atoms with Gasteiger partial charge in [0.1, 0.15) is 10.7 Å². The molecule has 0 atom stereocenters. The van der Waals surface area contributed by atoms with Crippen LogP contribution in [0.2, 0.25) is 0 Å². The number of benzene rings is 1. The zero-order valence-corrected chi connectivity index (χ0v) is 13.4. The van der Waals surface area contributed by atoms with Gasteiger partial charge in [0.05, 0.1) is 5.69 Å². The molecule has 7 heteroatoms. The fourth-order valence-corrected chi connectivity index (χ4v) is 3.22. The minimum atomic E-state index is -0.702. The van der Waals surface area contributed by atoms with Crippen LogP contribution < -0.4 is 11.5 Å². The van der Waals surface area contributed by atoms with Gasteiger partial charge in [-0.2, -0.15) is 0 Å². The van der Waals surface area contributed by atoms with E-state index in [0.717, 1.165) is 16.3 Å². The lowest BCUT2D eigenvalue weighted by Crippen LogP contribution is -2.21. The Labute approximate surface area is 142 Å². The first-order chi connectivity index (χ1) is 11.6. The minimum absolute atomic E-state index is 0.0422. The highest BCUT2D eigenvalue weighted by Crippen LogP contribution is 2.25. The van der Waals surface area contributed by atoms with Gasteiger partial charge >= 0.3 is 0 Å². The summed E-state index contributed by atoms with van der Waals surface area (Å²) >= 11 is 1.49. The van der Waals surface area contributed by atoms with Crippen LogP contribution in [0.4, 0.5) is 0 Å². The molecule has 0 aliphatic heterocycles. The average molecular weight is 338 g/mol. The number of rotatable bonds is 5. The van der Waals surface area contributed by atoms with Gasteiger partial charge in [-0.15, -0.1) is 11.3 Å². The fourth-order valence-electron chi connectivity index (χ4n) is 2.40. The van der Waals surface area contributed by atoms with E-state index < -0.39 is 11.8 Å². The van der Waals surface area contributed by atoms with E-state index in [9.17, 15) is 9.59 Å². The van der Waals surface area contributed by atoms with Crippen LogP contribution >= 0.6 is 11.3 Å². The lowest BCUT2D eigenvalue weighted by atomic mass is 10.0. The number of nitrogens with zero attached hydrogens (tertiary/aromatic N) is 2. The number of hydrogen-bond donors (Lipinski definition) is 2. The van der Waals surface area contributed by atoms with Gasteiger partial charge in [0.25, 0.3) is 5.91 Å². The number of carbonyl (C=O) groups excluding carboxylic acids is 2. The zero-order valence-electron chi connectivity index (χ0n) is 12.6. The van der Waals surface area contributed by atoms with E-state index in [1.807, 2.05) is 35.7 Å². The lowest BCUT2D eigenvalue weighted by molar-refractivity contribution is 0.0994. The molecule has 3 aromatic rings. The number of hydrogen-bond acceptors (Lipinski definition) is 5. The highest BCUT2D eigenvalue weighted by Gasteiger charge is 2.19. The number of pyridine rings is 1. The highest BCUT2D eigenvalue weighted by molar-refractivity contribution is 7.13. The van der Waals surface area contributed by atoms with Crippen LogP contribution in [-0.2, 0) is 6.42 Å². The van der Waals surface area contributed by atoms with Crippen LogP contribution in [0.1, 0.15) is 32.1 Å². The maximum Gasteiger partial charge on any atom is 0.267 e. The molecule has 2 aromatic heterocycles. The third-order valence-corrected chi connectivity index (χ3v) is 4.43. The van der Waals surface area contributed by atoms with Crippen LogP contribution in [0.5, 0.6) is 0 Å². The van der Waals surface area contributed by atoms with Gasteiger partial charge in [-0.25, -0.2) is 4.98 Å². The Morgan fingerprint density at radius 3 is 2.46 bits per heavy atom. The predicted molar refractivity (Wildman–Crippen MR) is 91.6 cm³/mol. The second-order valence-electron chi connectivity index (χ2n) is 5.10. The summed E-state index contributed by atoms with van der Waals surface area (Å²) in [4.78, 5) is 31.8. The van der Waals surface area contributed by atoms with Crippen LogP contribution in [0, 0.1) is 0 Å². The SMILES string of the molecule is NC(=O)c1ccnc(C(N)=O)c1Cc1csc(-c2ccccc2)n1. The molecule has 0 unspecified atom stereocenters. The van der Waals surface area contributed by atoms with E-state index >= 15 is 0 Å². The largest absolute Gasteiger partial charge is 0.366 e. The second-order valence-corrected chi connectivity index (χ2v) is 5.96. The first-order valence-corrected chi connectivity index (χ1v) is 8.01. The van der Waals surface area contributed by atoms with Gasteiger partial charge in [-0.05, 0) is 6.07 Å². The van der Waals surface area contributed by atoms with Crippen molar-refractivity contribution in [2.45, 2.75) is 6.42 Å². The van der Waals surface area contributed by atoms with Crippen molar-refractivity contribution < 1.29 is 9.59 Å². The number of amides is 2. The maximum atomic E-state index is 11.6. The van der Waals surface area contributed by atoms with Crippen LogP contribution in [0.15, 0.2) is 48.0 Å². The van der Waals surface area contributed by atoms with Gasteiger partial charge in [0.2, 0.25) is 5.91 Å². The first-order valence-electron chi connectivity index (χ1n) is 7.13. The van der Waals surface area contributed by atoms with Crippen molar-refractivity contribution in [1.82, 2.24) is 9.97 Å². The molecule has 0 aliphatic carbocycles. The number of carbonyl (C=O) groups is 2. The molecule has 3 rings (SSSR count). The van der Waals surface area contributed by atoms with Crippen molar-refractivity contribution in [3.63, 3.8) is 0 Å². The first kappa shape index (κ1) is 15.8.